The summed E-state index contributed by atoms with van der Waals surface area (Å²) in [5, 5.41) is 3.34. The normalized spacial score (nSPS) is 17.5. The Morgan fingerprint density at radius 1 is 0.958 bits per heavy atom. The summed E-state index contributed by atoms with van der Waals surface area (Å²) in [6.07, 6.45) is 4.54. The molecule has 0 amide bonds. The molecule has 1 N–H and O–H groups in total. The first-order valence-electron chi connectivity index (χ1n) is 9.76. The van der Waals surface area contributed by atoms with Gasteiger partial charge in [-0.25, -0.2) is 0 Å². The third kappa shape index (κ3) is 6.98. The molecule has 24 heavy (non-hydrogen) atoms. The lowest BCUT2D eigenvalue weighted by Gasteiger charge is -2.37. The van der Waals surface area contributed by atoms with Gasteiger partial charge in [-0.3, -0.25) is 0 Å². The third-order valence-corrected chi connectivity index (χ3v) is 6.79. The highest BCUT2D eigenvalue weighted by molar-refractivity contribution is 7.86. The summed E-state index contributed by atoms with van der Waals surface area (Å²) in [6.45, 7) is 14.4. The summed E-state index contributed by atoms with van der Waals surface area (Å²) >= 11 is 0. The van der Waals surface area contributed by atoms with Gasteiger partial charge in [0.1, 0.15) is 0 Å². The molecule has 6 heteroatoms. The second kappa shape index (κ2) is 10.7. The average molecular weight is 362 g/mol. The zero-order valence-electron chi connectivity index (χ0n) is 16.4. The molecule has 1 saturated heterocycles. The lowest BCUT2D eigenvalue weighted by Crippen LogP contribution is -2.52. The van der Waals surface area contributed by atoms with Gasteiger partial charge in [0.15, 0.2) is 0 Å². The van der Waals surface area contributed by atoms with Crippen molar-refractivity contribution in [3.8, 4) is 0 Å². The van der Waals surface area contributed by atoms with E-state index < -0.39 is 10.2 Å². The van der Waals surface area contributed by atoms with E-state index in [4.69, 9.17) is 0 Å². The maximum atomic E-state index is 13.4. The number of nitrogens with one attached hydrogen (secondary N) is 1. The van der Waals surface area contributed by atoms with Crippen LogP contribution in [0.1, 0.15) is 66.7 Å². The molecule has 1 rings (SSSR count). The van der Waals surface area contributed by atoms with Gasteiger partial charge in [-0.1, -0.05) is 34.6 Å². The van der Waals surface area contributed by atoms with Gasteiger partial charge in [0.05, 0.1) is 0 Å². The molecule has 0 aromatic rings. The van der Waals surface area contributed by atoms with Crippen LogP contribution in [0.5, 0.6) is 0 Å². The zero-order chi connectivity index (χ0) is 18.2. The number of hydrogen-bond donors (Lipinski definition) is 1. The molecule has 5 nitrogen and oxygen atoms in total. The maximum Gasteiger partial charge on any atom is 0.282 e. The summed E-state index contributed by atoms with van der Waals surface area (Å²) in [5.41, 5.74) is 0. The standard InChI is InChI=1S/C18H39N3O2S/c1-6-13-21(18-7-11-19-12-8-18)24(22,23)20(14-9-16(2)3)15-10-17(4)5/h16-19H,6-15H2,1-5H3. The fourth-order valence-corrected chi connectivity index (χ4v) is 5.07. The van der Waals surface area contributed by atoms with E-state index in [1.54, 1.807) is 8.61 Å². The molecule has 0 spiro atoms. The van der Waals surface area contributed by atoms with Crippen molar-refractivity contribution in [2.24, 2.45) is 11.8 Å². The summed E-state index contributed by atoms with van der Waals surface area (Å²) < 4.78 is 30.3. The average Bonchev–Trinajstić information content (AvgIpc) is 2.52. The first-order valence-corrected chi connectivity index (χ1v) is 11.2. The lowest BCUT2D eigenvalue weighted by atomic mass is 10.1. The van der Waals surface area contributed by atoms with Crippen LogP contribution in [0.25, 0.3) is 0 Å². The molecule has 0 atom stereocenters. The number of nitrogens with zero attached hydrogens (tertiary/aromatic N) is 2. The second-order valence-electron chi connectivity index (χ2n) is 7.86. The van der Waals surface area contributed by atoms with Crippen LogP contribution in [-0.2, 0) is 10.2 Å². The highest BCUT2D eigenvalue weighted by Crippen LogP contribution is 2.21. The first kappa shape index (κ1) is 21.9. The molecule has 0 radical (unpaired) electrons. The zero-order valence-corrected chi connectivity index (χ0v) is 17.2. The maximum absolute atomic E-state index is 13.4. The van der Waals surface area contributed by atoms with Gasteiger partial charge in [0.2, 0.25) is 0 Å². The van der Waals surface area contributed by atoms with Crippen molar-refractivity contribution in [2.75, 3.05) is 32.7 Å². The lowest BCUT2D eigenvalue weighted by molar-refractivity contribution is 0.236. The van der Waals surface area contributed by atoms with Crippen LogP contribution in [0.15, 0.2) is 0 Å². The van der Waals surface area contributed by atoms with E-state index in [1.807, 2.05) is 0 Å². The van der Waals surface area contributed by atoms with Crippen LogP contribution in [-0.4, -0.2) is 55.8 Å². The van der Waals surface area contributed by atoms with Crippen LogP contribution in [0.2, 0.25) is 0 Å². The van der Waals surface area contributed by atoms with Gasteiger partial charge >= 0.3 is 0 Å². The Morgan fingerprint density at radius 3 is 1.88 bits per heavy atom. The predicted octanol–water partition coefficient (Wildman–Crippen LogP) is 3.09. The number of hydrogen-bond acceptors (Lipinski definition) is 3. The molecule has 1 aliphatic heterocycles. The van der Waals surface area contributed by atoms with Crippen molar-refractivity contribution >= 4 is 10.2 Å². The minimum absolute atomic E-state index is 0.150. The highest BCUT2D eigenvalue weighted by Gasteiger charge is 2.34. The van der Waals surface area contributed by atoms with Crippen LogP contribution >= 0.6 is 0 Å². The van der Waals surface area contributed by atoms with Crippen LogP contribution in [0.3, 0.4) is 0 Å². The van der Waals surface area contributed by atoms with E-state index in [1.165, 1.54) is 0 Å². The van der Waals surface area contributed by atoms with Gasteiger partial charge in [0, 0.05) is 25.7 Å². The van der Waals surface area contributed by atoms with Crippen molar-refractivity contribution in [2.45, 2.75) is 72.8 Å². The SMILES string of the molecule is CCCN(C1CCNCC1)S(=O)(=O)N(CCC(C)C)CCC(C)C. The summed E-state index contributed by atoms with van der Waals surface area (Å²) in [5.74, 6) is 1.03. The molecule has 1 aliphatic rings. The van der Waals surface area contributed by atoms with Crippen LogP contribution in [0, 0.1) is 11.8 Å². The minimum atomic E-state index is -3.38. The molecule has 0 aliphatic carbocycles. The van der Waals surface area contributed by atoms with Gasteiger partial charge in [-0.05, 0) is 57.0 Å². The summed E-state index contributed by atoms with van der Waals surface area (Å²) in [4.78, 5) is 0. The molecule has 1 fully saturated rings. The minimum Gasteiger partial charge on any atom is -0.317 e. The topological polar surface area (TPSA) is 52.7 Å². The van der Waals surface area contributed by atoms with Gasteiger partial charge in [-0.15, -0.1) is 0 Å². The molecule has 1 heterocycles. The molecule has 0 bridgehead atoms. The van der Waals surface area contributed by atoms with Crippen LogP contribution < -0.4 is 5.32 Å². The molecule has 0 saturated carbocycles. The molecule has 0 aromatic carbocycles. The Hall–Kier alpha value is -0.170. The van der Waals surface area contributed by atoms with Crippen molar-refractivity contribution in [3.05, 3.63) is 0 Å². The monoisotopic (exact) mass is 361 g/mol. The van der Waals surface area contributed by atoms with E-state index in [2.05, 4.69) is 39.9 Å². The second-order valence-corrected chi connectivity index (χ2v) is 9.74. The highest BCUT2D eigenvalue weighted by atomic mass is 32.2. The smallest absolute Gasteiger partial charge is 0.282 e. The Morgan fingerprint density at radius 2 is 1.46 bits per heavy atom. The predicted molar refractivity (Wildman–Crippen MR) is 102 cm³/mol. The molecule has 0 unspecified atom stereocenters. The Bertz CT molecular complexity index is 420. The summed E-state index contributed by atoms with van der Waals surface area (Å²) in [7, 11) is -3.38. The largest absolute Gasteiger partial charge is 0.317 e. The molecular formula is C18H39N3O2S. The number of piperidine rings is 1. The van der Waals surface area contributed by atoms with E-state index in [0.29, 0.717) is 31.5 Å². The first-order chi connectivity index (χ1) is 11.3. The fourth-order valence-electron chi connectivity index (χ4n) is 3.10. The van der Waals surface area contributed by atoms with Crippen molar-refractivity contribution in [3.63, 3.8) is 0 Å². The quantitative estimate of drug-likeness (QED) is 0.615. The molecule has 0 aromatic heterocycles. The van der Waals surface area contributed by atoms with Gasteiger partial charge in [-0.2, -0.15) is 17.0 Å². The third-order valence-electron chi connectivity index (χ3n) is 4.69. The van der Waals surface area contributed by atoms with Gasteiger partial charge in [0.25, 0.3) is 10.2 Å². The number of rotatable bonds is 11. The van der Waals surface area contributed by atoms with Crippen molar-refractivity contribution in [1.29, 1.82) is 0 Å². The fraction of sp³-hybridized carbons (Fsp3) is 1.00. The molecular weight excluding hydrogens is 322 g/mol. The van der Waals surface area contributed by atoms with E-state index in [9.17, 15) is 8.42 Å². The van der Waals surface area contributed by atoms with Crippen molar-refractivity contribution < 1.29 is 8.42 Å². The Balaban J connectivity index is 2.93. The molecule has 144 valence electrons. The Kier molecular flexibility index (Phi) is 9.79. The van der Waals surface area contributed by atoms with E-state index >= 15 is 0 Å². The van der Waals surface area contributed by atoms with Gasteiger partial charge < -0.3 is 5.32 Å². The summed E-state index contributed by atoms with van der Waals surface area (Å²) in [6, 6.07) is 0.150. The van der Waals surface area contributed by atoms with E-state index in [-0.39, 0.29) is 6.04 Å². The van der Waals surface area contributed by atoms with Crippen LogP contribution in [0.4, 0.5) is 0 Å². The van der Waals surface area contributed by atoms with Crippen molar-refractivity contribution in [1.82, 2.24) is 13.9 Å². The van der Waals surface area contributed by atoms with E-state index in [0.717, 1.165) is 45.2 Å². The Labute approximate surface area is 150 Å².